The Hall–Kier alpha value is -3.29. The lowest BCUT2D eigenvalue weighted by molar-refractivity contribution is -0.147. The molecule has 2 saturated heterocycles. The van der Waals surface area contributed by atoms with Crippen molar-refractivity contribution in [2.24, 2.45) is 44.3 Å². The second-order valence-electron chi connectivity index (χ2n) is 19.7. The van der Waals surface area contributed by atoms with E-state index < -0.39 is 73.4 Å². The number of Topliss-reactive ketones (excluding diaryl/α,β-unsaturated/α-hetero) is 2. The van der Waals surface area contributed by atoms with Gasteiger partial charge in [0.05, 0.1) is 22.7 Å². The topological polar surface area (TPSA) is 188 Å². The van der Waals surface area contributed by atoms with Gasteiger partial charge in [-0.25, -0.2) is 13.2 Å². The van der Waals surface area contributed by atoms with E-state index in [0.717, 1.165) is 19.3 Å². The summed E-state index contributed by atoms with van der Waals surface area (Å²) in [7, 11) is -3.84. The van der Waals surface area contributed by atoms with Crippen LogP contribution in [-0.4, -0.2) is 85.1 Å². The third kappa shape index (κ3) is 6.42. The van der Waals surface area contributed by atoms with Crippen molar-refractivity contribution in [2.75, 3.05) is 13.1 Å². The quantitative estimate of drug-likeness (QED) is 0.206. The Morgan fingerprint density at radius 1 is 1.00 bits per heavy atom. The van der Waals surface area contributed by atoms with E-state index in [1.165, 1.54) is 0 Å². The predicted molar refractivity (Wildman–Crippen MR) is 197 cm³/mol. The summed E-state index contributed by atoms with van der Waals surface area (Å²) in [5, 5.41) is 7.35. The number of nitrogens with one attached hydrogen (secondary N) is 4. The highest BCUT2D eigenvalue weighted by molar-refractivity contribution is 7.90. The van der Waals surface area contributed by atoms with E-state index in [2.05, 4.69) is 41.1 Å². The van der Waals surface area contributed by atoms with Crippen molar-refractivity contribution in [1.29, 1.82) is 0 Å². The van der Waals surface area contributed by atoms with E-state index in [4.69, 9.17) is 0 Å². The van der Waals surface area contributed by atoms with Gasteiger partial charge in [-0.1, -0.05) is 67.9 Å². The monoisotopic (exact) mass is 757 g/mol. The molecule has 0 bridgehead atoms. The van der Waals surface area contributed by atoms with E-state index in [-0.39, 0.29) is 59.0 Å². The molecule has 4 aliphatic carbocycles. The number of hydrogen-bond acceptors (Lipinski definition) is 8. The van der Waals surface area contributed by atoms with Crippen molar-refractivity contribution in [3.05, 3.63) is 12.7 Å². The van der Waals surface area contributed by atoms with Crippen LogP contribution in [0.2, 0.25) is 0 Å². The number of fused-ring (bicyclic) bond motifs is 1. The van der Waals surface area contributed by atoms with Crippen LogP contribution in [-0.2, 0) is 34.0 Å². The van der Waals surface area contributed by atoms with Crippen molar-refractivity contribution >= 4 is 45.3 Å². The standard InChI is InChI=1S/C39H59N5O8S/c1-10-22-17-37(22,32(49)43-53(51,52)23-12-13-23)19-28(46)26-18-39(36(8,9)38(39)14-11-15-38)21-44(26)31(48)24(34(2,3)4)16-27(45)29(35(5,6)7)42-30(47)25-20-40-33(50)41-25/h10,22-26,29H,1,11-21H2,2-9H3,(H,42,47)(H,43,49)(H2,40,41,50)/t22-,24-,25?,26+,29-,37-,39-/m1/s1. The maximum atomic E-state index is 15.0. The highest BCUT2D eigenvalue weighted by Crippen LogP contribution is 2.88. The number of amides is 5. The summed E-state index contributed by atoms with van der Waals surface area (Å²) in [6.07, 6.45) is 6.06. The maximum absolute atomic E-state index is 15.0. The van der Waals surface area contributed by atoms with Crippen LogP contribution >= 0.6 is 0 Å². The molecule has 294 valence electrons. The first kappa shape index (κ1) is 39.4. The Kier molecular flexibility index (Phi) is 9.39. The first-order valence-corrected chi connectivity index (χ1v) is 20.8. The number of ketones is 2. The van der Waals surface area contributed by atoms with Gasteiger partial charge in [0, 0.05) is 37.3 Å². The van der Waals surface area contributed by atoms with Crippen molar-refractivity contribution in [1.82, 2.24) is 25.6 Å². The van der Waals surface area contributed by atoms with Crippen molar-refractivity contribution < 1.29 is 37.2 Å². The second-order valence-corrected chi connectivity index (χ2v) is 21.6. The molecule has 13 nitrogen and oxygen atoms in total. The Morgan fingerprint density at radius 2 is 1.64 bits per heavy atom. The van der Waals surface area contributed by atoms with Crippen molar-refractivity contribution in [3.8, 4) is 0 Å². The van der Waals surface area contributed by atoms with Crippen LogP contribution in [0.3, 0.4) is 0 Å². The van der Waals surface area contributed by atoms with Gasteiger partial charge in [-0.2, -0.15) is 0 Å². The molecule has 4 N–H and O–H groups in total. The number of carbonyl (C=O) groups excluding carboxylic acids is 6. The normalized spacial score (nSPS) is 32.2. The molecule has 0 radical (unpaired) electrons. The van der Waals surface area contributed by atoms with Gasteiger partial charge < -0.3 is 20.9 Å². The number of likely N-dealkylation sites (tertiary alicyclic amines) is 1. The van der Waals surface area contributed by atoms with Gasteiger partial charge in [-0.05, 0) is 66.1 Å². The van der Waals surface area contributed by atoms with Crippen LogP contribution < -0.4 is 20.7 Å². The largest absolute Gasteiger partial charge is 0.344 e. The second kappa shape index (κ2) is 12.6. The first-order chi connectivity index (χ1) is 24.4. The Labute approximate surface area is 314 Å². The minimum Gasteiger partial charge on any atom is -0.344 e. The minimum atomic E-state index is -3.84. The molecule has 2 spiro atoms. The van der Waals surface area contributed by atoms with E-state index in [1.54, 1.807) is 11.0 Å². The molecule has 0 aromatic heterocycles. The molecule has 4 saturated carbocycles. The van der Waals surface area contributed by atoms with Crippen LogP contribution in [0.5, 0.6) is 0 Å². The summed E-state index contributed by atoms with van der Waals surface area (Å²) in [6.45, 7) is 19.9. The summed E-state index contributed by atoms with van der Waals surface area (Å²) in [5.41, 5.74) is -3.08. The number of carbonyl (C=O) groups is 6. The van der Waals surface area contributed by atoms with Crippen LogP contribution in [0.15, 0.2) is 12.7 Å². The fourth-order valence-corrected chi connectivity index (χ4v) is 11.7. The Bertz CT molecular complexity index is 1740. The molecule has 6 rings (SSSR count). The van der Waals surface area contributed by atoms with Gasteiger partial charge in [-0.3, -0.25) is 28.7 Å². The number of allylic oxidation sites excluding steroid dienone is 1. The molecule has 2 aliphatic heterocycles. The molecule has 1 unspecified atom stereocenters. The van der Waals surface area contributed by atoms with Gasteiger partial charge in [0.15, 0.2) is 11.6 Å². The smallest absolute Gasteiger partial charge is 0.315 e. The third-order valence-corrected chi connectivity index (χ3v) is 16.2. The molecule has 6 aliphatic rings. The lowest BCUT2D eigenvalue weighted by atomic mass is 9.73. The molecule has 53 heavy (non-hydrogen) atoms. The van der Waals surface area contributed by atoms with Crippen molar-refractivity contribution in [2.45, 2.75) is 137 Å². The van der Waals surface area contributed by atoms with Crippen LogP contribution in [0.4, 0.5) is 4.79 Å². The number of nitrogens with zero attached hydrogens (tertiary/aromatic N) is 1. The zero-order chi connectivity index (χ0) is 39.3. The highest BCUT2D eigenvalue weighted by Gasteiger charge is 2.85. The zero-order valence-corrected chi connectivity index (χ0v) is 33.5. The van der Waals surface area contributed by atoms with E-state index in [1.807, 2.05) is 41.5 Å². The Balaban J connectivity index is 1.27. The molecule has 6 fully saturated rings. The van der Waals surface area contributed by atoms with Crippen molar-refractivity contribution in [3.63, 3.8) is 0 Å². The van der Waals surface area contributed by atoms with Crippen LogP contribution in [0, 0.1) is 44.3 Å². The average Bonchev–Trinajstić information content (AvgIpc) is 3.95. The summed E-state index contributed by atoms with van der Waals surface area (Å²) in [5.74, 6) is -3.29. The van der Waals surface area contributed by atoms with Gasteiger partial charge >= 0.3 is 6.03 Å². The number of sulfonamides is 1. The average molecular weight is 758 g/mol. The highest BCUT2D eigenvalue weighted by atomic mass is 32.2. The predicted octanol–water partition coefficient (Wildman–Crippen LogP) is 3.38. The fraction of sp³-hybridized carbons (Fsp3) is 0.795. The summed E-state index contributed by atoms with van der Waals surface area (Å²) >= 11 is 0. The molecule has 0 aromatic rings. The van der Waals surface area contributed by atoms with E-state index in [0.29, 0.717) is 32.2 Å². The van der Waals surface area contributed by atoms with Gasteiger partial charge in [-0.15, -0.1) is 6.58 Å². The number of urea groups is 1. The molecule has 14 heteroatoms. The molecule has 2 heterocycles. The van der Waals surface area contributed by atoms with E-state index >= 15 is 4.79 Å². The summed E-state index contributed by atoms with van der Waals surface area (Å²) < 4.78 is 27.8. The lowest BCUT2D eigenvalue weighted by Gasteiger charge is -2.37. The minimum absolute atomic E-state index is 0.00335. The molecule has 5 amide bonds. The zero-order valence-electron chi connectivity index (χ0n) is 32.6. The molecular weight excluding hydrogens is 699 g/mol. The summed E-state index contributed by atoms with van der Waals surface area (Å²) in [4.78, 5) is 84.1. The molecule has 7 atom stereocenters. The van der Waals surface area contributed by atoms with Gasteiger partial charge in [0.2, 0.25) is 27.7 Å². The lowest BCUT2D eigenvalue weighted by Crippen LogP contribution is -2.55. The van der Waals surface area contributed by atoms with Crippen LogP contribution in [0.1, 0.15) is 113 Å². The maximum Gasteiger partial charge on any atom is 0.315 e. The van der Waals surface area contributed by atoms with E-state index in [9.17, 15) is 32.4 Å². The molecular formula is C39H59N5O8S. The number of hydrogen-bond donors (Lipinski definition) is 4. The Morgan fingerprint density at radius 3 is 2.09 bits per heavy atom. The number of rotatable bonds is 13. The SMILES string of the molecule is C=C[C@@H]1C[C@]1(CC(=O)[C@@H]1C[C@@]2(CN1C(=O)[C@@H](CC(=O)[C@@H](NC(=O)C1CNC(=O)N1)C(C)(C)C)C(C)(C)C)C(C)(C)C21CCC1)C(=O)NS(=O)(=O)C1CC1. The third-order valence-electron chi connectivity index (χ3n) is 14.3. The fourth-order valence-electron chi connectivity index (χ4n) is 10.3. The molecule has 0 aromatic carbocycles. The van der Waals surface area contributed by atoms with Gasteiger partial charge in [0.25, 0.3) is 0 Å². The first-order valence-electron chi connectivity index (χ1n) is 19.3. The summed E-state index contributed by atoms with van der Waals surface area (Å²) in [6, 6.07) is -3.09. The van der Waals surface area contributed by atoms with Crippen LogP contribution in [0.25, 0.3) is 0 Å². The van der Waals surface area contributed by atoms with Gasteiger partial charge in [0.1, 0.15) is 6.04 Å².